The molecule has 1 N–H and O–H groups in total. The predicted octanol–water partition coefficient (Wildman–Crippen LogP) is 4.95. The number of nitrogens with one attached hydrogen (secondary N) is 1. The van der Waals surface area contributed by atoms with Crippen LogP contribution in [-0.4, -0.2) is 25.7 Å². The van der Waals surface area contributed by atoms with Gasteiger partial charge in [-0.25, -0.2) is 8.78 Å². The van der Waals surface area contributed by atoms with Crippen LogP contribution < -0.4 is 5.32 Å². The molecule has 8 heteroatoms. The molecule has 1 saturated carbocycles. The molecule has 0 bridgehead atoms. The minimum atomic E-state index is -0.661. The van der Waals surface area contributed by atoms with Crippen LogP contribution in [0.25, 0.3) is 17.2 Å². The van der Waals surface area contributed by atoms with E-state index in [9.17, 15) is 13.6 Å². The first-order chi connectivity index (χ1) is 18.5. The van der Waals surface area contributed by atoms with Crippen molar-refractivity contribution in [2.24, 2.45) is 5.92 Å². The molecule has 7 rings (SSSR count). The van der Waals surface area contributed by atoms with Crippen molar-refractivity contribution in [2.45, 2.75) is 44.2 Å². The number of allylic oxidation sites excluding steroid dienone is 1. The van der Waals surface area contributed by atoms with Crippen LogP contribution >= 0.6 is 0 Å². The van der Waals surface area contributed by atoms with Gasteiger partial charge in [0, 0.05) is 41.7 Å². The Morgan fingerprint density at radius 3 is 2.87 bits per heavy atom. The van der Waals surface area contributed by atoms with Crippen molar-refractivity contribution in [2.75, 3.05) is 0 Å². The number of hydrogen-bond donors (Lipinski definition) is 1. The number of nitrogens with zero attached hydrogens (tertiary/aromatic N) is 4. The lowest BCUT2D eigenvalue weighted by Gasteiger charge is -2.22. The summed E-state index contributed by atoms with van der Waals surface area (Å²) in [5.41, 5.74) is 7.19. The van der Waals surface area contributed by atoms with Crippen molar-refractivity contribution in [1.29, 1.82) is 0 Å². The molecular weight excluding hydrogens is 484 g/mol. The largest absolute Gasteiger partial charge is 0.346 e. The van der Waals surface area contributed by atoms with Crippen LogP contribution in [-0.2, 0) is 30.6 Å². The second kappa shape index (κ2) is 8.97. The fourth-order valence-electron chi connectivity index (χ4n) is 5.96. The standard InChI is InChI=1S/C30H25F2N5O/c31-21-7-17(8-22(32)13-21)9-27(36-29(38)16-37-28-12-19-11-24(19)25(28)15-35-37)30-23(4-2-6-33-30)20-10-18-3-1-5-26(18)34-14-20/h1-4,6-8,10,13-15,19,24,27H,5,9,11-12,16H2,(H,36,38)/t19?,24?,27-/m0/s1. The normalized spacial score (nSPS) is 19.1. The maximum Gasteiger partial charge on any atom is 0.242 e. The zero-order valence-corrected chi connectivity index (χ0v) is 20.6. The van der Waals surface area contributed by atoms with Gasteiger partial charge in [0.25, 0.3) is 0 Å². The first kappa shape index (κ1) is 23.0. The van der Waals surface area contributed by atoms with Crippen molar-refractivity contribution in [3.05, 3.63) is 106 Å². The van der Waals surface area contributed by atoms with Gasteiger partial charge in [-0.3, -0.25) is 19.4 Å². The molecule has 0 aliphatic heterocycles. The maximum absolute atomic E-state index is 14.1. The summed E-state index contributed by atoms with van der Waals surface area (Å²) >= 11 is 0. The number of pyridine rings is 2. The second-order valence-corrected chi connectivity index (χ2v) is 10.4. The summed E-state index contributed by atoms with van der Waals surface area (Å²) in [6, 6.07) is 8.63. The third-order valence-corrected chi connectivity index (χ3v) is 7.84. The summed E-state index contributed by atoms with van der Waals surface area (Å²) in [7, 11) is 0. The number of benzene rings is 1. The molecule has 0 spiro atoms. The summed E-state index contributed by atoms with van der Waals surface area (Å²) in [5.74, 6) is -0.257. The summed E-state index contributed by atoms with van der Waals surface area (Å²) in [5, 5.41) is 7.56. The summed E-state index contributed by atoms with van der Waals surface area (Å²) in [6.45, 7) is 0.0795. The van der Waals surface area contributed by atoms with Crippen LogP contribution in [0.1, 0.15) is 52.2 Å². The molecule has 1 fully saturated rings. The van der Waals surface area contributed by atoms with Gasteiger partial charge in [0.15, 0.2) is 0 Å². The van der Waals surface area contributed by atoms with Gasteiger partial charge in [-0.05, 0) is 72.1 Å². The highest BCUT2D eigenvalue weighted by molar-refractivity contribution is 5.77. The molecule has 38 heavy (non-hydrogen) atoms. The van der Waals surface area contributed by atoms with E-state index in [4.69, 9.17) is 0 Å². The van der Waals surface area contributed by atoms with Crippen LogP contribution in [0.5, 0.6) is 0 Å². The fourth-order valence-corrected chi connectivity index (χ4v) is 5.96. The van der Waals surface area contributed by atoms with E-state index in [1.54, 1.807) is 10.9 Å². The topological polar surface area (TPSA) is 72.7 Å². The van der Waals surface area contributed by atoms with Crippen molar-refractivity contribution in [3.8, 4) is 11.1 Å². The molecule has 3 atom stereocenters. The lowest BCUT2D eigenvalue weighted by molar-refractivity contribution is -0.122. The van der Waals surface area contributed by atoms with Crippen molar-refractivity contribution < 1.29 is 13.6 Å². The van der Waals surface area contributed by atoms with E-state index in [2.05, 4.69) is 32.5 Å². The molecule has 1 aromatic carbocycles. The minimum Gasteiger partial charge on any atom is -0.346 e. The van der Waals surface area contributed by atoms with Crippen molar-refractivity contribution in [1.82, 2.24) is 25.1 Å². The third kappa shape index (κ3) is 4.20. The highest BCUT2D eigenvalue weighted by Gasteiger charge is 2.47. The van der Waals surface area contributed by atoms with Crippen LogP contribution in [0.3, 0.4) is 0 Å². The van der Waals surface area contributed by atoms with Gasteiger partial charge >= 0.3 is 0 Å². The Kier molecular flexibility index (Phi) is 5.42. The molecule has 3 aliphatic rings. The highest BCUT2D eigenvalue weighted by atomic mass is 19.1. The van der Waals surface area contributed by atoms with Gasteiger partial charge in [-0.2, -0.15) is 5.10 Å². The number of carbonyl (C=O) groups is 1. The van der Waals surface area contributed by atoms with Gasteiger partial charge in [0.05, 0.1) is 23.6 Å². The number of rotatable bonds is 7. The molecule has 0 radical (unpaired) electrons. The van der Waals surface area contributed by atoms with E-state index in [-0.39, 0.29) is 18.9 Å². The van der Waals surface area contributed by atoms with E-state index < -0.39 is 17.7 Å². The quantitative estimate of drug-likeness (QED) is 0.383. The molecule has 0 saturated heterocycles. The lowest BCUT2D eigenvalue weighted by atomic mass is 9.95. The van der Waals surface area contributed by atoms with E-state index >= 15 is 0 Å². The van der Waals surface area contributed by atoms with Crippen LogP contribution in [0.4, 0.5) is 8.78 Å². The number of aromatic nitrogens is 4. The predicted molar refractivity (Wildman–Crippen MR) is 138 cm³/mol. The van der Waals surface area contributed by atoms with Crippen LogP contribution in [0.2, 0.25) is 0 Å². The van der Waals surface area contributed by atoms with Crippen molar-refractivity contribution in [3.63, 3.8) is 0 Å². The van der Waals surface area contributed by atoms with E-state index in [0.717, 1.165) is 47.0 Å². The SMILES string of the molecule is O=C(Cn1ncc2c1CC1CC21)N[C@@H](Cc1cc(F)cc(F)c1)c1ncccc1-c1cnc2c(c1)C=CC2. The Morgan fingerprint density at radius 1 is 1.13 bits per heavy atom. The smallest absolute Gasteiger partial charge is 0.242 e. The molecule has 190 valence electrons. The first-order valence-corrected chi connectivity index (χ1v) is 12.9. The van der Waals surface area contributed by atoms with Gasteiger partial charge in [-0.15, -0.1) is 0 Å². The number of halogens is 2. The Labute approximate surface area is 218 Å². The van der Waals surface area contributed by atoms with E-state index in [1.165, 1.54) is 24.1 Å². The zero-order chi connectivity index (χ0) is 25.8. The minimum absolute atomic E-state index is 0.0795. The molecule has 3 aliphatic carbocycles. The van der Waals surface area contributed by atoms with Gasteiger partial charge < -0.3 is 5.32 Å². The van der Waals surface area contributed by atoms with Crippen LogP contribution in [0, 0.1) is 17.6 Å². The summed E-state index contributed by atoms with van der Waals surface area (Å²) in [6.07, 6.45) is 12.6. The summed E-state index contributed by atoms with van der Waals surface area (Å²) in [4.78, 5) is 22.6. The van der Waals surface area contributed by atoms with E-state index in [0.29, 0.717) is 23.1 Å². The molecule has 1 amide bonds. The highest BCUT2D eigenvalue weighted by Crippen LogP contribution is 2.56. The maximum atomic E-state index is 14.1. The monoisotopic (exact) mass is 509 g/mol. The van der Waals surface area contributed by atoms with Gasteiger partial charge in [-0.1, -0.05) is 18.2 Å². The zero-order valence-electron chi connectivity index (χ0n) is 20.6. The Hall–Kier alpha value is -4.20. The van der Waals surface area contributed by atoms with E-state index in [1.807, 2.05) is 30.6 Å². The van der Waals surface area contributed by atoms with Gasteiger partial charge in [0.1, 0.15) is 18.2 Å². The number of hydrogen-bond acceptors (Lipinski definition) is 4. The summed E-state index contributed by atoms with van der Waals surface area (Å²) < 4.78 is 29.9. The van der Waals surface area contributed by atoms with Gasteiger partial charge in [0.2, 0.25) is 5.91 Å². The molecule has 6 nitrogen and oxygen atoms in total. The third-order valence-electron chi connectivity index (χ3n) is 7.84. The lowest BCUT2D eigenvalue weighted by Crippen LogP contribution is -2.34. The average Bonchev–Trinajstić information content (AvgIpc) is 3.20. The second-order valence-electron chi connectivity index (χ2n) is 10.4. The average molecular weight is 510 g/mol. The molecule has 3 aromatic heterocycles. The fraction of sp³-hybridized carbons (Fsp3) is 0.267. The van der Waals surface area contributed by atoms with Crippen molar-refractivity contribution >= 4 is 12.0 Å². The first-order valence-electron chi connectivity index (χ1n) is 12.9. The Balaban J connectivity index is 1.22. The Morgan fingerprint density at radius 2 is 2.00 bits per heavy atom. The molecule has 4 aromatic rings. The Bertz CT molecular complexity index is 1590. The number of carbonyl (C=O) groups excluding carboxylic acids is 1. The number of amides is 1. The molecular formula is C30H25F2N5O. The molecule has 3 heterocycles. The van der Waals surface area contributed by atoms with Crippen LogP contribution in [0.15, 0.2) is 61.1 Å². The number of fused-ring (bicyclic) bond motifs is 4. The molecule has 2 unspecified atom stereocenters.